The number of anilines is 1. The van der Waals surface area contributed by atoms with Crippen LogP contribution in [0.4, 0.5) is 14.3 Å². The number of carbonyl (C=O) groups is 5. The van der Waals surface area contributed by atoms with E-state index in [0.717, 1.165) is 25.9 Å². The first-order chi connectivity index (χ1) is 31.0. The lowest BCUT2D eigenvalue weighted by Crippen LogP contribution is -2.57. The molecule has 2 saturated heterocycles. The zero-order valence-electron chi connectivity index (χ0n) is 35.1. The van der Waals surface area contributed by atoms with Crippen LogP contribution in [0.15, 0.2) is 75.7 Å². The third kappa shape index (κ3) is 7.50. The summed E-state index contributed by atoms with van der Waals surface area (Å²) in [5.41, 5.74) is 0.984. The maximum atomic E-state index is 15.9. The Morgan fingerprint density at radius 1 is 1.06 bits per heavy atom. The molecular formula is C43H40BBr2F2N5O11S2. The average molecular weight is 1080 g/mol. The summed E-state index contributed by atoms with van der Waals surface area (Å²) in [6, 6.07) is 12.0. The molecule has 5 aliphatic rings. The Kier molecular flexibility index (Phi) is 11.5. The second-order valence-corrected chi connectivity index (χ2v) is 21.6. The molecule has 0 radical (unpaired) electrons. The molecule has 1 aliphatic carbocycles. The lowest BCUT2D eigenvalue weighted by Gasteiger charge is -2.35. The van der Waals surface area contributed by atoms with Crippen LogP contribution in [0.5, 0.6) is 0 Å². The summed E-state index contributed by atoms with van der Waals surface area (Å²) >= 11 is 7.97. The highest BCUT2D eigenvalue weighted by Gasteiger charge is 2.83. The molecule has 3 unspecified atom stereocenters. The topological polar surface area (TPSA) is 222 Å². The third-order valence-corrected chi connectivity index (χ3v) is 16.7. The van der Waals surface area contributed by atoms with Crippen molar-refractivity contribution in [2.75, 3.05) is 11.1 Å². The van der Waals surface area contributed by atoms with Crippen molar-refractivity contribution in [2.45, 2.75) is 76.2 Å². The van der Waals surface area contributed by atoms with Gasteiger partial charge in [0.15, 0.2) is 0 Å². The zero-order chi connectivity index (χ0) is 47.4. The number of aryl methyl sites for hydroxylation is 3. The van der Waals surface area contributed by atoms with Gasteiger partial charge in [-0.2, -0.15) is 8.42 Å². The van der Waals surface area contributed by atoms with Gasteiger partial charge in [0.05, 0.1) is 16.9 Å². The van der Waals surface area contributed by atoms with Gasteiger partial charge in [0.2, 0.25) is 29.1 Å². The molecule has 0 bridgehead atoms. The summed E-state index contributed by atoms with van der Waals surface area (Å²) in [5.74, 6) is -10.7. The number of thiophene rings is 1. The number of nitrogens with one attached hydrogen (secondary N) is 3. The van der Waals surface area contributed by atoms with Crippen molar-refractivity contribution in [3.63, 3.8) is 0 Å². The van der Waals surface area contributed by atoms with Crippen molar-refractivity contribution >= 4 is 101 Å². The van der Waals surface area contributed by atoms with Gasteiger partial charge in [0.1, 0.15) is 29.5 Å². The number of fused-ring (bicyclic) bond motifs is 4. The molecule has 0 saturated carbocycles. The van der Waals surface area contributed by atoms with Crippen LogP contribution in [-0.4, -0.2) is 92.6 Å². The second-order valence-electron chi connectivity index (χ2n) is 17.1. The highest BCUT2D eigenvalue weighted by atomic mass is 79.9. The summed E-state index contributed by atoms with van der Waals surface area (Å²) in [4.78, 5) is 69.4. The number of amides is 3. The maximum Gasteiger partial charge on any atom is 0.732 e. The Bertz CT molecular complexity index is 2980. The van der Waals surface area contributed by atoms with Crippen LogP contribution < -0.4 is 16.0 Å². The number of aliphatic hydroxyl groups is 1. The van der Waals surface area contributed by atoms with Crippen LogP contribution in [0.3, 0.4) is 0 Å². The molecule has 23 heteroatoms. The Morgan fingerprint density at radius 2 is 1.79 bits per heavy atom. The van der Waals surface area contributed by atoms with Crippen molar-refractivity contribution < 1.29 is 64.6 Å². The average Bonchev–Trinajstić information content (AvgIpc) is 4.06. The Balaban J connectivity index is 0.869. The van der Waals surface area contributed by atoms with Gasteiger partial charge in [-0.3, -0.25) is 28.5 Å². The number of Topliss-reactive ketones (excluding diaryl/α,β-unsaturated/α-hetero) is 1. The van der Waals surface area contributed by atoms with E-state index in [1.807, 2.05) is 0 Å². The molecule has 7 atom stereocenters. The van der Waals surface area contributed by atoms with Gasteiger partial charge in [0, 0.05) is 57.0 Å². The lowest BCUT2D eigenvalue weighted by molar-refractivity contribution is -0.457. The van der Waals surface area contributed by atoms with E-state index in [2.05, 4.69) is 47.8 Å². The first kappa shape index (κ1) is 46.2. The minimum atomic E-state index is -4.79. The number of hydrogen-bond acceptors (Lipinski definition) is 11. The van der Waals surface area contributed by atoms with E-state index in [4.69, 9.17) is 9.47 Å². The largest absolute Gasteiger partial charge is 0.732 e. The molecule has 346 valence electrons. The van der Waals surface area contributed by atoms with Gasteiger partial charge >= 0.3 is 12.9 Å². The highest BCUT2D eigenvalue weighted by Crippen LogP contribution is 2.66. The number of rotatable bonds is 12. The van der Waals surface area contributed by atoms with Crippen LogP contribution in [0.25, 0.3) is 0 Å². The van der Waals surface area contributed by atoms with Crippen LogP contribution in [0.2, 0.25) is 0 Å². The SMILES string of the molecule is Cc1cc2c(s1)C1(O)OC(=O)[C@@H]3[C@H](C(=O)Nc4ccc(CNC(=O)C(CS(=O)(=O)O)NC(=O)CCC5=[N+]6C(C=C5)Cc5c(C)cc(C)n5[B-]6(F)F)cc4)[C@H](c4ccc(Br)c(Br)c4)O[C@@]31C2=O. The van der Waals surface area contributed by atoms with Crippen molar-refractivity contribution in [1.29, 1.82) is 0 Å². The van der Waals surface area contributed by atoms with E-state index in [1.165, 1.54) is 24.3 Å². The summed E-state index contributed by atoms with van der Waals surface area (Å²) in [6.07, 6.45) is 1.87. The predicted octanol–water partition coefficient (Wildman–Crippen LogP) is 4.92. The van der Waals surface area contributed by atoms with Crippen molar-refractivity contribution in [1.82, 2.24) is 15.1 Å². The monoisotopic (exact) mass is 1070 g/mol. The van der Waals surface area contributed by atoms with Crippen molar-refractivity contribution in [3.8, 4) is 0 Å². The summed E-state index contributed by atoms with van der Waals surface area (Å²) in [5, 5.41) is 19.6. The number of ether oxygens (including phenoxy) is 2. The molecule has 5 N–H and O–H groups in total. The molecule has 4 aliphatic heterocycles. The van der Waals surface area contributed by atoms with Gasteiger partial charge < -0.3 is 48.1 Å². The van der Waals surface area contributed by atoms with Crippen LogP contribution in [0.1, 0.15) is 67.1 Å². The van der Waals surface area contributed by atoms with Crippen molar-refractivity contribution in [3.05, 3.63) is 119 Å². The number of allylic oxidation sites excluding steroid dienone is 1. The van der Waals surface area contributed by atoms with E-state index in [1.54, 1.807) is 63.3 Å². The van der Waals surface area contributed by atoms with Crippen LogP contribution >= 0.6 is 43.2 Å². The van der Waals surface area contributed by atoms with Gasteiger partial charge in [0.25, 0.3) is 15.9 Å². The van der Waals surface area contributed by atoms with E-state index in [-0.39, 0.29) is 41.2 Å². The molecular weight excluding hydrogens is 1040 g/mol. The fourth-order valence-electron chi connectivity index (χ4n) is 10.1. The molecule has 4 aromatic rings. The molecule has 3 amide bonds. The van der Waals surface area contributed by atoms with Crippen molar-refractivity contribution in [2.24, 2.45) is 11.8 Å². The number of nitrogens with zero attached hydrogens (tertiary/aromatic N) is 2. The molecule has 6 heterocycles. The molecule has 2 fully saturated rings. The lowest BCUT2D eigenvalue weighted by atomic mass is 9.75. The molecule has 16 nitrogen and oxygen atoms in total. The second kappa shape index (κ2) is 16.4. The predicted molar refractivity (Wildman–Crippen MR) is 242 cm³/mol. The van der Waals surface area contributed by atoms with Gasteiger partial charge in [-0.05, 0) is 123 Å². The molecule has 66 heavy (non-hydrogen) atoms. The van der Waals surface area contributed by atoms with Gasteiger partial charge in [-0.1, -0.05) is 18.2 Å². The summed E-state index contributed by atoms with van der Waals surface area (Å²) in [6.45, 7) is 0.719. The Morgan fingerprint density at radius 3 is 2.48 bits per heavy atom. The number of aromatic nitrogens is 1. The smallest absolute Gasteiger partial charge is 0.424 e. The van der Waals surface area contributed by atoms with Crippen LogP contribution in [-0.2, 0) is 57.5 Å². The van der Waals surface area contributed by atoms with E-state index >= 15 is 8.63 Å². The standard InChI is InChI=1S/C43H40BBr2F2N5O11S2/c1-20-14-21(2)52-32(20)17-27-10-9-26(53(27)44(52,47)48)11-13-33(54)51-31(19-66(60,61)62)39(56)49-18-23-4-7-25(8-5-23)50-40(57)34-35-41(58)64-43(59)38-28(15-22(3)65-38)37(55)42(35,43)63-36(34)24-6-12-29(45)30(46)16-24/h4-10,12,14-16,27,31,34-36,59H,11,13,17-19H2,1-3H3,(H,49,56)(H,50,57)(H,51,54)(H,60,61,62)/t27?,31?,34-,35-,36-,42+,43?/m0/s1. The minimum absolute atomic E-state index is 0.121. The first-order valence-corrected chi connectivity index (χ1v) is 24.7. The number of benzene rings is 2. The molecule has 2 aromatic carbocycles. The molecule has 9 rings (SSSR count). The van der Waals surface area contributed by atoms with Gasteiger partial charge in [-0.25, -0.2) is 0 Å². The van der Waals surface area contributed by atoms with E-state index in [0.29, 0.717) is 42.8 Å². The van der Waals surface area contributed by atoms with E-state index in [9.17, 15) is 42.0 Å². The minimum Gasteiger partial charge on any atom is -0.424 e. The summed E-state index contributed by atoms with van der Waals surface area (Å²) < 4.78 is 80.6. The third-order valence-electron chi connectivity index (χ3n) is 12.9. The normalized spacial score (nSPS) is 26.0. The van der Waals surface area contributed by atoms with E-state index < -0.39 is 93.7 Å². The number of halogens is 4. The van der Waals surface area contributed by atoms with Gasteiger partial charge in [-0.15, -0.1) is 11.3 Å². The quantitative estimate of drug-likeness (QED) is 0.0728. The zero-order valence-corrected chi connectivity index (χ0v) is 39.9. The Labute approximate surface area is 396 Å². The number of ketones is 1. The number of hydrogen-bond donors (Lipinski definition) is 5. The Hall–Kier alpha value is -4.91. The number of carbonyl (C=O) groups excluding carboxylic acids is 5. The maximum absolute atomic E-state index is 15.9. The first-order valence-electron chi connectivity index (χ1n) is 20.7. The molecule has 2 aromatic heterocycles. The highest BCUT2D eigenvalue weighted by molar-refractivity contribution is 9.13. The summed E-state index contributed by atoms with van der Waals surface area (Å²) in [7, 11) is -4.79. The fourth-order valence-corrected chi connectivity index (χ4v) is 12.5. The van der Waals surface area contributed by atoms with Crippen LogP contribution in [0, 0.1) is 32.6 Å². The number of esters is 1. The molecule has 1 spiro atoms. The fraction of sp³-hybridized carbons (Fsp3) is 0.349.